The summed E-state index contributed by atoms with van der Waals surface area (Å²) in [5.74, 6) is 0. The Hall–Kier alpha value is -0.370. The molecule has 0 aromatic heterocycles. The van der Waals surface area contributed by atoms with Crippen LogP contribution >= 0.6 is 0 Å². The van der Waals surface area contributed by atoms with Crippen molar-refractivity contribution in [2.45, 2.75) is 64.4 Å². The van der Waals surface area contributed by atoms with E-state index in [0.717, 1.165) is 32.2 Å². The van der Waals surface area contributed by atoms with Crippen LogP contribution in [0.25, 0.3) is 0 Å². The van der Waals surface area contributed by atoms with Crippen LogP contribution in [0.2, 0.25) is 0 Å². The van der Waals surface area contributed by atoms with Gasteiger partial charge in [0.05, 0.1) is 6.10 Å². The summed E-state index contributed by atoms with van der Waals surface area (Å²) in [6.45, 7) is 3.24. The first-order valence-electron chi connectivity index (χ1n) is 6.03. The molecule has 1 saturated carbocycles. The Bertz CT molecular complexity index is 167. The Morgan fingerprint density at radius 3 is 2.57 bits per heavy atom. The van der Waals surface area contributed by atoms with E-state index in [1.165, 1.54) is 31.4 Å². The Morgan fingerprint density at radius 1 is 1.21 bits per heavy atom. The third kappa shape index (κ3) is 4.75. The Morgan fingerprint density at radius 2 is 1.93 bits per heavy atom. The zero-order chi connectivity index (χ0) is 10.2. The quantitative estimate of drug-likeness (QED) is 0.675. The summed E-state index contributed by atoms with van der Waals surface area (Å²) in [4.78, 5) is 4.59. The molecular weight excluding hydrogens is 174 g/mol. The first kappa shape index (κ1) is 11.7. The van der Waals surface area contributed by atoms with Gasteiger partial charge >= 0.3 is 0 Å². The second-order valence-electron chi connectivity index (χ2n) is 4.24. The van der Waals surface area contributed by atoms with Gasteiger partial charge in [-0.3, -0.25) is 4.99 Å². The highest BCUT2D eigenvalue weighted by molar-refractivity contribution is 5.85. The largest absolute Gasteiger partial charge is 0.393 e. The van der Waals surface area contributed by atoms with Crippen molar-refractivity contribution in [2.75, 3.05) is 6.54 Å². The highest BCUT2D eigenvalue weighted by Crippen LogP contribution is 2.16. The van der Waals surface area contributed by atoms with Gasteiger partial charge in [0, 0.05) is 12.3 Å². The Balaban J connectivity index is 2.06. The van der Waals surface area contributed by atoms with E-state index in [1.54, 1.807) is 0 Å². The maximum atomic E-state index is 9.31. The number of hydrogen-bond acceptors (Lipinski definition) is 2. The zero-order valence-corrected chi connectivity index (χ0v) is 9.34. The smallest absolute Gasteiger partial charge is 0.0547 e. The molecule has 0 amide bonds. The van der Waals surface area contributed by atoms with E-state index in [0.29, 0.717) is 0 Å². The van der Waals surface area contributed by atoms with Gasteiger partial charge in [-0.15, -0.1) is 0 Å². The third-order valence-corrected chi connectivity index (χ3v) is 2.88. The van der Waals surface area contributed by atoms with Crippen LogP contribution in [0.3, 0.4) is 0 Å². The van der Waals surface area contributed by atoms with Gasteiger partial charge in [-0.1, -0.05) is 26.2 Å². The second kappa shape index (κ2) is 6.99. The lowest BCUT2D eigenvalue weighted by Crippen LogP contribution is -2.18. The maximum Gasteiger partial charge on any atom is 0.0547 e. The van der Waals surface area contributed by atoms with Crippen LogP contribution in [0, 0.1) is 0 Å². The third-order valence-electron chi connectivity index (χ3n) is 2.88. The maximum absolute atomic E-state index is 9.31. The number of nitrogens with zero attached hydrogens (tertiary/aromatic N) is 1. The molecule has 1 rings (SSSR count). The van der Waals surface area contributed by atoms with Crippen LogP contribution in [0.5, 0.6) is 0 Å². The lowest BCUT2D eigenvalue weighted by Gasteiger charge is -2.18. The molecule has 0 bridgehead atoms. The molecule has 1 aliphatic carbocycles. The minimum absolute atomic E-state index is 0.0611. The summed E-state index contributed by atoms with van der Waals surface area (Å²) in [6.07, 6.45) is 9.02. The molecule has 1 aliphatic rings. The number of aliphatic hydroxyl groups is 1. The van der Waals surface area contributed by atoms with Gasteiger partial charge < -0.3 is 5.11 Å². The van der Waals surface area contributed by atoms with Crippen LogP contribution in [-0.4, -0.2) is 23.5 Å². The predicted molar refractivity (Wildman–Crippen MR) is 60.9 cm³/mol. The monoisotopic (exact) mass is 197 g/mol. The van der Waals surface area contributed by atoms with Crippen molar-refractivity contribution in [1.82, 2.24) is 0 Å². The van der Waals surface area contributed by atoms with E-state index >= 15 is 0 Å². The summed E-state index contributed by atoms with van der Waals surface area (Å²) < 4.78 is 0. The zero-order valence-electron chi connectivity index (χ0n) is 9.34. The van der Waals surface area contributed by atoms with E-state index in [2.05, 4.69) is 11.9 Å². The predicted octanol–water partition coefficient (Wildman–Crippen LogP) is 2.94. The van der Waals surface area contributed by atoms with Gasteiger partial charge in [0.25, 0.3) is 0 Å². The van der Waals surface area contributed by atoms with Gasteiger partial charge in [0.15, 0.2) is 0 Å². The number of hydrogen-bond donors (Lipinski definition) is 1. The van der Waals surface area contributed by atoms with E-state index < -0.39 is 0 Å². The van der Waals surface area contributed by atoms with E-state index in [9.17, 15) is 5.11 Å². The number of unbranched alkanes of at least 4 members (excludes halogenated alkanes) is 3. The van der Waals surface area contributed by atoms with Crippen molar-refractivity contribution in [3.63, 3.8) is 0 Å². The van der Waals surface area contributed by atoms with Gasteiger partial charge in [0.1, 0.15) is 0 Å². The van der Waals surface area contributed by atoms with Gasteiger partial charge in [-0.05, 0) is 32.1 Å². The summed E-state index contributed by atoms with van der Waals surface area (Å²) >= 11 is 0. The highest BCUT2D eigenvalue weighted by Gasteiger charge is 2.13. The fourth-order valence-corrected chi connectivity index (χ4v) is 1.87. The fraction of sp³-hybridized carbons (Fsp3) is 0.917. The van der Waals surface area contributed by atoms with Crippen molar-refractivity contribution < 1.29 is 5.11 Å². The lowest BCUT2D eigenvalue weighted by atomic mass is 9.96. The first-order chi connectivity index (χ1) is 6.83. The molecule has 0 radical (unpaired) electrons. The summed E-state index contributed by atoms with van der Waals surface area (Å²) in [6, 6.07) is 0. The fourth-order valence-electron chi connectivity index (χ4n) is 1.87. The summed E-state index contributed by atoms with van der Waals surface area (Å²) in [5, 5.41) is 9.31. The lowest BCUT2D eigenvalue weighted by molar-refractivity contribution is 0.152. The molecule has 0 spiro atoms. The van der Waals surface area contributed by atoms with Crippen molar-refractivity contribution in [3.8, 4) is 0 Å². The van der Waals surface area contributed by atoms with E-state index in [-0.39, 0.29) is 6.10 Å². The van der Waals surface area contributed by atoms with Crippen molar-refractivity contribution in [2.24, 2.45) is 4.99 Å². The molecule has 1 fully saturated rings. The van der Waals surface area contributed by atoms with Gasteiger partial charge in [-0.25, -0.2) is 0 Å². The minimum Gasteiger partial charge on any atom is -0.393 e. The highest BCUT2D eigenvalue weighted by atomic mass is 16.3. The molecule has 1 N–H and O–H groups in total. The Kier molecular flexibility index (Phi) is 5.85. The molecule has 82 valence electrons. The Labute approximate surface area is 87.4 Å². The molecular formula is C12H23NO. The average Bonchev–Trinajstić information content (AvgIpc) is 2.21. The molecule has 0 heterocycles. The van der Waals surface area contributed by atoms with E-state index in [1.807, 2.05) is 0 Å². The van der Waals surface area contributed by atoms with Crippen molar-refractivity contribution in [3.05, 3.63) is 0 Å². The van der Waals surface area contributed by atoms with Gasteiger partial charge in [-0.2, -0.15) is 0 Å². The van der Waals surface area contributed by atoms with Crippen LogP contribution in [0.15, 0.2) is 4.99 Å². The molecule has 0 saturated heterocycles. The number of aliphatic hydroxyl groups excluding tert-OH is 1. The summed E-state index contributed by atoms with van der Waals surface area (Å²) in [7, 11) is 0. The van der Waals surface area contributed by atoms with Crippen LogP contribution < -0.4 is 0 Å². The van der Waals surface area contributed by atoms with E-state index in [4.69, 9.17) is 0 Å². The SMILES string of the molecule is CCCCCCN=C1CCC(O)CC1. The normalized spacial score (nSPS) is 22.4. The molecule has 0 aromatic carbocycles. The molecule has 0 aromatic rings. The van der Waals surface area contributed by atoms with Crippen molar-refractivity contribution >= 4 is 5.71 Å². The van der Waals surface area contributed by atoms with Gasteiger partial charge in [0.2, 0.25) is 0 Å². The van der Waals surface area contributed by atoms with Crippen LogP contribution in [-0.2, 0) is 0 Å². The topological polar surface area (TPSA) is 32.6 Å². The van der Waals surface area contributed by atoms with Crippen molar-refractivity contribution in [1.29, 1.82) is 0 Å². The molecule has 0 aliphatic heterocycles. The summed E-state index contributed by atoms with van der Waals surface area (Å²) in [5.41, 5.74) is 1.34. The molecule has 0 unspecified atom stereocenters. The molecule has 14 heavy (non-hydrogen) atoms. The average molecular weight is 197 g/mol. The standard InChI is InChI=1S/C12H23NO/c1-2-3-4-5-10-13-11-6-8-12(14)9-7-11/h12,14H,2-10H2,1H3. The molecule has 2 heteroatoms. The second-order valence-corrected chi connectivity index (χ2v) is 4.24. The number of rotatable bonds is 5. The number of aliphatic imine (C=N–C) groups is 1. The van der Waals surface area contributed by atoms with Crippen LogP contribution in [0.1, 0.15) is 58.3 Å². The first-order valence-corrected chi connectivity index (χ1v) is 6.03. The molecule has 0 atom stereocenters. The molecule has 2 nitrogen and oxygen atoms in total. The van der Waals surface area contributed by atoms with Crippen LogP contribution in [0.4, 0.5) is 0 Å². The minimum atomic E-state index is -0.0611.